The number of sulfonamides is 1. The van der Waals surface area contributed by atoms with Gasteiger partial charge in [-0.05, 0) is 36.3 Å². The van der Waals surface area contributed by atoms with E-state index >= 15 is 0 Å². The summed E-state index contributed by atoms with van der Waals surface area (Å²) < 4.78 is 40.9. The summed E-state index contributed by atoms with van der Waals surface area (Å²) >= 11 is 0. The van der Waals surface area contributed by atoms with Crippen LogP contribution in [0.3, 0.4) is 0 Å². The van der Waals surface area contributed by atoms with Gasteiger partial charge < -0.3 is 10.6 Å². The zero-order valence-corrected chi connectivity index (χ0v) is 20.0. The van der Waals surface area contributed by atoms with Crippen molar-refractivity contribution in [3.05, 3.63) is 42.7 Å². The predicted molar refractivity (Wildman–Crippen MR) is 126 cm³/mol. The number of carbonyl (C=O) groups is 3. The maximum absolute atomic E-state index is 13.2. The summed E-state index contributed by atoms with van der Waals surface area (Å²) in [6.45, 7) is 7.00. The molecule has 0 spiro atoms. The van der Waals surface area contributed by atoms with Crippen molar-refractivity contribution >= 4 is 39.2 Å². The van der Waals surface area contributed by atoms with Crippen LogP contribution in [0.2, 0.25) is 0 Å². The molecule has 12 heteroatoms. The Bertz CT molecular complexity index is 1110. The topological polar surface area (TPSA) is 146 Å². The third kappa shape index (κ3) is 7.12. The normalized spacial score (nSPS) is 21.4. The van der Waals surface area contributed by atoms with E-state index in [9.17, 15) is 27.2 Å². The molecule has 0 radical (unpaired) electrons. The molecule has 0 fully saturated rings. The van der Waals surface area contributed by atoms with Crippen LogP contribution < -0.4 is 15.4 Å². The zero-order valence-electron chi connectivity index (χ0n) is 19.2. The van der Waals surface area contributed by atoms with Crippen LogP contribution in [0.1, 0.15) is 26.7 Å². The molecule has 0 bridgehead atoms. The number of hydrogen-bond acceptors (Lipinski definition) is 6. The van der Waals surface area contributed by atoms with Crippen molar-refractivity contribution in [1.82, 2.24) is 15.4 Å². The molecule has 1 aromatic rings. The number of rotatable bonds is 7. The van der Waals surface area contributed by atoms with Crippen LogP contribution in [0.4, 0.5) is 4.39 Å². The van der Waals surface area contributed by atoms with Crippen molar-refractivity contribution < 1.29 is 27.2 Å². The van der Waals surface area contributed by atoms with Crippen molar-refractivity contribution in [2.75, 3.05) is 13.6 Å². The number of benzene rings is 1. The molecular formula is C22H28FN5O5S. The van der Waals surface area contributed by atoms with Crippen molar-refractivity contribution in [3.63, 3.8) is 0 Å². The van der Waals surface area contributed by atoms with Gasteiger partial charge in [0, 0.05) is 32.1 Å². The summed E-state index contributed by atoms with van der Waals surface area (Å²) in [5.41, 5.74) is 0.335. The zero-order chi connectivity index (χ0) is 25.5. The first-order valence-corrected chi connectivity index (χ1v) is 12.0. The second-order valence-electron chi connectivity index (χ2n) is 7.88. The molecule has 1 heterocycles. The van der Waals surface area contributed by atoms with E-state index in [0.29, 0.717) is 18.0 Å². The highest BCUT2D eigenvalue weighted by Crippen LogP contribution is 2.14. The molecule has 2 rings (SSSR count). The van der Waals surface area contributed by atoms with Gasteiger partial charge in [0.05, 0.1) is 4.90 Å². The van der Waals surface area contributed by atoms with Crippen LogP contribution in [0.15, 0.2) is 51.8 Å². The Kier molecular flexibility index (Phi) is 9.33. The summed E-state index contributed by atoms with van der Waals surface area (Å²) in [4.78, 5) is 46.2. The molecule has 1 aliphatic heterocycles. The number of carbonyl (C=O) groups excluding carboxylic acids is 3. The van der Waals surface area contributed by atoms with Gasteiger partial charge in [0.15, 0.2) is 0 Å². The Morgan fingerprint density at radius 3 is 2.50 bits per heavy atom. The molecule has 2 unspecified atom stereocenters. The monoisotopic (exact) mass is 493 g/mol. The molecule has 3 N–H and O–H groups in total. The Labute approximate surface area is 197 Å². The number of allylic oxidation sites excluding steroid dienone is 1. The van der Waals surface area contributed by atoms with Gasteiger partial charge in [-0.1, -0.05) is 20.4 Å². The minimum atomic E-state index is -4.18. The van der Waals surface area contributed by atoms with E-state index in [0.717, 1.165) is 24.3 Å². The summed E-state index contributed by atoms with van der Waals surface area (Å²) in [5.74, 6) is -3.30. The van der Waals surface area contributed by atoms with Gasteiger partial charge in [0.2, 0.25) is 21.7 Å². The molecule has 1 aromatic carbocycles. The van der Waals surface area contributed by atoms with Gasteiger partial charge in [-0.2, -0.15) is 4.72 Å². The lowest BCUT2D eigenvalue weighted by Crippen LogP contribution is -2.56. The highest BCUT2D eigenvalue weighted by molar-refractivity contribution is 7.89. The number of nitrogens with zero attached hydrogens (tertiary/aromatic N) is 2. The fourth-order valence-electron chi connectivity index (χ4n) is 3.11. The first kappa shape index (κ1) is 27.0. The van der Waals surface area contributed by atoms with Gasteiger partial charge in [0.25, 0.3) is 5.91 Å². The van der Waals surface area contributed by atoms with Gasteiger partial charge in [-0.15, -0.1) is 0 Å². The Morgan fingerprint density at radius 1 is 1.29 bits per heavy atom. The Morgan fingerprint density at radius 2 is 1.94 bits per heavy atom. The number of Topliss-reactive ketones (excluding diaryl/α,β-unsaturated/α-hetero) is 1. The van der Waals surface area contributed by atoms with Gasteiger partial charge in [0.1, 0.15) is 23.7 Å². The van der Waals surface area contributed by atoms with E-state index < -0.39 is 51.4 Å². The average molecular weight is 494 g/mol. The molecule has 0 saturated carbocycles. The second kappa shape index (κ2) is 11.7. The Balaban J connectivity index is 2.31. The summed E-state index contributed by atoms with van der Waals surface area (Å²) in [6, 6.07) is 1.53. The van der Waals surface area contributed by atoms with Crippen LogP contribution in [-0.4, -0.2) is 63.2 Å². The quantitative estimate of drug-likeness (QED) is 0.480. The third-order valence-electron chi connectivity index (χ3n) is 5.03. The Hall–Kier alpha value is -3.25. The maximum atomic E-state index is 13.2. The fraction of sp³-hybridized carbons (Fsp3) is 0.409. The number of ketones is 1. The molecule has 0 saturated heterocycles. The van der Waals surface area contributed by atoms with Gasteiger partial charge in [-0.3, -0.25) is 19.4 Å². The van der Waals surface area contributed by atoms with E-state index in [1.165, 1.54) is 13.1 Å². The first-order chi connectivity index (χ1) is 16.0. The molecule has 2 amide bonds. The predicted octanol–water partition coefficient (Wildman–Crippen LogP) is 0.748. The molecule has 0 aliphatic carbocycles. The molecule has 2 atom stereocenters. The van der Waals surface area contributed by atoms with E-state index in [2.05, 4.69) is 31.9 Å². The highest BCUT2D eigenvalue weighted by Gasteiger charge is 2.34. The summed E-state index contributed by atoms with van der Waals surface area (Å²) in [5, 5.41) is 4.93. The lowest BCUT2D eigenvalue weighted by Gasteiger charge is -2.25. The van der Waals surface area contributed by atoms with Crippen molar-refractivity contribution in [3.8, 4) is 0 Å². The van der Waals surface area contributed by atoms with Crippen molar-refractivity contribution in [2.24, 2.45) is 15.9 Å². The smallest absolute Gasteiger partial charge is 0.289 e. The van der Waals surface area contributed by atoms with E-state index in [1.54, 1.807) is 13.8 Å². The second-order valence-corrected chi connectivity index (χ2v) is 9.59. The van der Waals surface area contributed by atoms with Gasteiger partial charge >= 0.3 is 0 Å². The van der Waals surface area contributed by atoms with Crippen LogP contribution >= 0.6 is 0 Å². The minimum absolute atomic E-state index is 0.123. The first-order valence-electron chi connectivity index (χ1n) is 10.5. The summed E-state index contributed by atoms with van der Waals surface area (Å²) in [6.07, 6.45) is 1.56. The van der Waals surface area contributed by atoms with E-state index in [4.69, 9.17) is 0 Å². The molecule has 0 aromatic heterocycles. The number of amidine groups is 1. The third-order valence-corrected chi connectivity index (χ3v) is 6.48. The average Bonchev–Trinajstić information content (AvgIpc) is 2.79. The number of nitrogens with one attached hydrogen (secondary N) is 3. The van der Waals surface area contributed by atoms with Gasteiger partial charge in [-0.25, -0.2) is 17.8 Å². The van der Waals surface area contributed by atoms with Crippen LogP contribution in [0.25, 0.3) is 0 Å². The summed E-state index contributed by atoms with van der Waals surface area (Å²) in [7, 11) is -2.64. The van der Waals surface area contributed by atoms with Crippen LogP contribution in [0.5, 0.6) is 0 Å². The minimum Gasteiger partial charge on any atom is -0.349 e. The number of halogens is 1. The number of aliphatic imine (C=N–C) groups is 2. The molecule has 10 nitrogen and oxygen atoms in total. The number of hydrogen-bond donors (Lipinski definition) is 3. The highest BCUT2D eigenvalue weighted by atomic mass is 32.2. The lowest BCUT2D eigenvalue weighted by molar-refractivity contribution is -0.140. The van der Waals surface area contributed by atoms with E-state index in [-0.39, 0.29) is 17.9 Å². The maximum Gasteiger partial charge on any atom is 0.289 e. The van der Waals surface area contributed by atoms with E-state index in [1.807, 2.05) is 0 Å². The number of amides is 2. The SMILES string of the molecule is C=C/C1=N\C(=N/C)CCNC(=O)C(=O)C(NC(=O)C(NS(=O)(=O)c2ccc(F)cc2)C(C)C)C1. The van der Waals surface area contributed by atoms with Crippen LogP contribution in [-0.2, 0) is 24.4 Å². The standard InChI is InChI=1S/C22H28FN5O5S/c1-5-15-12-17(20(29)22(31)25-11-10-18(24-4)26-15)27-21(30)19(13(2)3)28-34(32,33)16-8-6-14(23)7-9-16/h5-9,13,17,19,28H,1,10-12H2,2-4H3,(H,25,31)(H,27,30)/b24-18-,26-15+. The van der Waals surface area contributed by atoms with Crippen molar-refractivity contribution in [2.45, 2.75) is 43.7 Å². The van der Waals surface area contributed by atoms with Crippen LogP contribution in [0, 0.1) is 11.7 Å². The molecule has 1 aliphatic rings. The molecular weight excluding hydrogens is 465 g/mol. The fourth-order valence-corrected chi connectivity index (χ4v) is 4.46. The largest absolute Gasteiger partial charge is 0.349 e. The molecule has 34 heavy (non-hydrogen) atoms. The lowest BCUT2D eigenvalue weighted by atomic mass is 10.0. The molecule has 184 valence electrons. The van der Waals surface area contributed by atoms with Crippen molar-refractivity contribution in [1.29, 1.82) is 0 Å².